The van der Waals surface area contributed by atoms with Crippen LogP contribution in [0.5, 0.6) is 0 Å². The van der Waals surface area contributed by atoms with Gasteiger partial charge in [-0.1, -0.05) is 36.4 Å². The van der Waals surface area contributed by atoms with Crippen LogP contribution in [0, 0.1) is 11.3 Å². The van der Waals surface area contributed by atoms with Gasteiger partial charge in [-0.15, -0.1) is 11.8 Å². The van der Waals surface area contributed by atoms with E-state index in [1.807, 2.05) is 30.5 Å². The van der Waals surface area contributed by atoms with Crippen LogP contribution < -0.4 is 5.73 Å². The fourth-order valence-electron chi connectivity index (χ4n) is 3.37. The number of carbonyl (C=O) groups excluding carboxylic acids is 1. The highest BCUT2D eigenvalue weighted by Gasteiger charge is 2.36. The molecule has 0 fully saturated rings. The van der Waals surface area contributed by atoms with Gasteiger partial charge in [-0.3, -0.25) is 0 Å². The Morgan fingerprint density at radius 2 is 1.97 bits per heavy atom. The van der Waals surface area contributed by atoms with Gasteiger partial charge in [-0.25, -0.2) is 4.79 Å². The van der Waals surface area contributed by atoms with E-state index in [9.17, 15) is 10.1 Å². The van der Waals surface area contributed by atoms with E-state index in [0.717, 1.165) is 16.7 Å². The summed E-state index contributed by atoms with van der Waals surface area (Å²) in [5, 5.41) is 9.71. The molecule has 1 unspecified atom stereocenters. The first kappa shape index (κ1) is 20.6. The lowest BCUT2D eigenvalue weighted by atomic mass is 9.82. The Hall–Kier alpha value is -3.17. The number of esters is 1. The number of rotatable bonds is 5. The molecule has 0 aliphatic carbocycles. The molecule has 6 heteroatoms. The van der Waals surface area contributed by atoms with Crippen LogP contribution in [0.25, 0.3) is 11.1 Å². The van der Waals surface area contributed by atoms with E-state index >= 15 is 0 Å². The Bertz CT molecular complexity index is 1030. The number of thioether (sulfide) groups is 1. The van der Waals surface area contributed by atoms with Crippen molar-refractivity contribution in [1.82, 2.24) is 0 Å². The van der Waals surface area contributed by atoms with Crippen LogP contribution in [0.1, 0.15) is 25.3 Å². The first-order chi connectivity index (χ1) is 14.0. The lowest BCUT2D eigenvalue weighted by molar-refractivity contribution is -0.139. The van der Waals surface area contributed by atoms with E-state index in [4.69, 9.17) is 15.2 Å². The minimum absolute atomic E-state index is 0.0118. The lowest BCUT2D eigenvalue weighted by Gasteiger charge is -2.27. The quantitative estimate of drug-likeness (QED) is 0.571. The molecule has 2 aromatic carbocycles. The molecule has 1 aliphatic rings. The molecule has 2 N–H and O–H groups in total. The topological polar surface area (TPSA) is 85.3 Å². The van der Waals surface area contributed by atoms with Gasteiger partial charge in [0.2, 0.25) is 5.88 Å². The van der Waals surface area contributed by atoms with Crippen molar-refractivity contribution in [2.75, 3.05) is 12.9 Å². The lowest BCUT2D eigenvalue weighted by Crippen LogP contribution is -2.25. The molecular formula is C23H22N2O3S. The molecule has 148 valence electrons. The molecule has 0 amide bonds. The maximum absolute atomic E-state index is 12.7. The number of hydrogen-bond acceptors (Lipinski definition) is 6. The van der Waals surface area contributed by atoms with Crippen LogP contribution in [-0.2, 0) is 14.3 Å². The molecule has 2 aromatic rings. The minimum Gasteiger partial charge on any atom is -0.463 e. The van der Waals surface area contributed by atoms with E-state index in [1.165, 1.54) is 4.90 Å². The number of nitrogens with two attached hydrogens (primary N) is 1. The van der Waals surface area contributed by atoms with Gasteiger partial charge in [-0.05, 0) is 48.9 Å². The van der Waals surface area contributed by atoms with Crippen molar-refractivity contribution in [3.8, 4) is 17.2 Å². The molecule has 29 heavy (non-hydrogen) atoms. The number of carbonyl (C=O) groups is 1. The summed E-state index contributed by atoms with van der Waals surface area (Å²) in [4.78, 5) is 13.8. The average Bonchev–Trinajstić information content (AvgIpc) is 2.73. The van der Waals surface area contributed by atoms with Gasteiger partial charge in [0.05, 0.1) is 18.1 Å². The van der Waals surface area contributed by atoms with Crippen molar-refractivity contribution < 1.29 is 14.3 Å². The number of ether oxygens (including phenoxy) is 2. The van der Waals surface area contributed by atoms with Gasteiger partial charge >= 0.3 is 5.97 Å². The van der Waals surface area contributed by atoms with Gasteiger partial charge in [-0.2, -0.15) is 5.26 Å². The molecule has 0 saturated carbocycles. The highest BCUT2D eigenvalue weighted by Crippen LogP contribution is 2.40. The number of hydrogen-bond donors (Lipinski definition) is 1. The zero-order valence-corrected chi connectivity index (χ0v) is 17.4. The van der Waals surface area contributed by atoms with Gasteiger partial charge in [0, 0.05) is 4.90 Å². The molecule has 0 saturated heterocycles. The van der Waals surface area contributed by atoms with Crippen LogP contribution in [0.4, 0.5) is 0 Å². The first-order valence-corrected chi connectivity index (χ1v) is 10.4. The van der Waals surface area contributed by atoms with Crippen molar-refractivity contribution in [3.05, 3.63) is 76.9 Å². The molecule has 5 nitrogen and oxygen atoms in total. The molecule has 0 bridgehead atoms. The van der Waals surface area contributed by atoms with E-state index in [-0.39, 0.29) is 18.1 Å². The summed E-state index contributed by atoms with van der Waals surface area (Å²) >= 11 is 1.68. The predicted molar refractivity (Wildman–Crippen MR) is 114 cm³/mol. The number of nitrogens with zero attached hydrogens (tertiary/aromatic N) is 1. The van der Waals surface area contributed by atoms with E-state index in [1.54, 1.807) is 25.6 Å². The van der Waals surface area contributed by atoms with Crippen molar-refractivity contribution in [3.63, 3.8) is 0 Å². The summed E-state index contributed by atoms with van der Waals surface area (Å²) in [6.07, 6.45) is 2.03. The summed E-state index contributed by atoms with van der Waals surface area (Å²) < 4.78 is 10.7. The van der Waals surface area contributed by atoms with Crippen LogP contribution in [-0.4, -0.2) is 18.8 Å². The molecule has 1 atom stereocenters. The maximum atomic E-state index is 12.7. The molecule has 3 rings (SSSR count). The summed E-state index contributed by atoms with van der Waals surface area (Å²) in [5.74, 6) is -0.791. The van der Waals surface area contributed by atoms with Crippen molar-refractivity contribution in [1.29, 1.82) is 5.26 Å². The zero-order chi connectivity index (χ0) is 21.0. The maximum Gasteiger partial charge on any atom is 0.338 e. The monoisotopic (exact) mass is 406 g/mol. The SMILES string of the molecule is CCOC(=O)C1=C(C)OC(N)=C(C#N)C1c1cccc(-c2ccc(SC)cc2)c1. The third-order valence-electron chi connectivity index (χ3n) is 4.74. The predicted octanol–water partition coefficient (Wildman–Crippen LogP) is 4.72. The van der Waals surface area contributed by atoms with Crippen LogP contribution in [0.3, 0.4) is 0 Å². The molecule has 1 aliphatic heterocycles. The summed E-state index contributed by atoms with van der Waals surface area (Å²) in [6.45, 7) is 3.62. The van der Waals surface area contributed by atoms with Crippen molar-refractivity contribution >= 4 is 17.7 Å². The van der Waals surface area contributed by atoms with Crippen molar-refractivity contribution in [2.45, 2.75) is 24.7 Å². The van der Waals surface area contributed by atoms with E-state index in [2.05, 4.69) is 30.3 Å². The summed E-state index contributed by atoms with van der Waals surface area (Å²) in [5.41, 5.74) is 9.28. The molecule has 1 heterocycles. The molecule has 0 aromatic heterocycles. The first-order valence-electron chi connectivity index (χ1n) is 9.20. The van der Waals surface area contributed by atoms with Crippen molar-refractivity contribution in [2.24, 2.45) is 5.73 Å². The Balaban J connectivity index is 2.10. The largest absolute Gasteiger partial charge is 0.463 e. The Morgan fingerprint density at radius 1 is 1.24 bits per heavy atom. The van der Waals surface area contributed by atoms with E-state index < -0.39 is 11.9 Å². The third kappa shape index (κ3) is 4.15. The smallest absolute Gasteiger partial charge is 0.338 e. The highest BCUT2D eigenvalue weighted by molar-refractivity contribution is 7.98. The van der Waals surface area contributed by atoms with E-state index in [0.29, 0.717) is 11.3 Å². The summed E-state index contributed by atoms with van der Waals surface area (Å²) in [6, 6.07) is 18.1. The van der Waals surface area contributed by atoms with Gasteiger partial charge < -0.3 is 15.2 Å². The van der Waals surface area contributed by atoms with Crippen LogP contribution >= 0.6 is 11.8 Å². The number of allylic oxidation sites excluding steroid dienone is 2. The van der Waals surface area contributed by atoms with Crippen LogP contribution in [0.15, 0.2) is 76.2 Å². The standard InChI is InChI=1S/C23H22N2O3S/c1-4-27-23(26)20-14(2)28-22(25)19(13-24)21(20)17-7-5-6-16(12-17)15-8-10-18(29-3)11-9-15/h5-12,21H,4,25H2,1-3H3. The Labute approximate surface area is 174 Å². The van der Waals surface area contributed by atoms with Gasteiger partial charge in [0.15, 0.2) is 0 Å². The summed E-state index contributed by atoms with van der Waals surface area (Å²) in [7, 11) is 0. The average molecular weight is 407 g/mol. The minimum atomic E-state index is -0.641. The molecule has 0 spiro atoms. The van der Waals surface area contributed by atoms with Gasteiger partial charge in [0.1, 0.15) is 17.4 Å². The fraction of sp³-hybridized carbons (Fsp3) is 0.217. The number of benzene rings is 2. The third-order valence-corrected chi connectivity index (χ3v) is 5.49. The zero-order valence-electron chi connectivity index (χ0n) is 16.6. The highest BCUT2D eigenvalue weighted by atomic mass is 32.2. The number of nitriles is 1. The fourth-order valence-corrected chi connectivity index (χ4v) is 3.78. The second-order valence-electron chi connectivity index (χ2n) is 6.47. The second kappa shape index (κ2) is 8.89. The molecule has 0 radical (unpaired) electrons. The van der Waals surface area contributed by atoms with Gasteiger partial charge in [0.25, 0.3) is 0 Å². The molecular weight excluding hydrogens is 384 g/mol. The Morgan fingerprint density at radius 3 is 2.59 bits per heavy atom. The second-order valence-corrected chi connectivity index (χ2v) is 7.35. The van der Waals surface area contributed by atoms with Crippen LogP contribution in [0.2, 0.25) is 0 Å². The normalized spacial score (nSPS) is 16.3. The Kier molecular flexibility index (Phi) is 6.30.